The van der Waals surface area contributed by atoms with Crippen LogP contribution in [0.1, 0.15) is 10.4 Å². The van der Waals surface area contributed by atoms with E-state index in [1.807, 2.05) is 12.1 Å². The molecule has 0 radical (unpaired) electrons. The Kier molecular flexibility index (Phi) is 2.20. The van der Waals surface area contributed by atoms with E-state index in [0.717, 1.165) is 9.17 Å². The molecular weight excluding hydrogens is 266 g/mol. The maximum Gasteiger partial charge on any atom is 0.337 e. The lowest BCUT2D eigenvalue weighted by molar-refractivity contribution is 0.0699. The predicted octanol–water partition coefficient (Wildman–Crippen LogP) is 2.94. The minimum Gasteiger partial charge on any atom is -0.478 e. The fourth-order valence-electron chi connectivity index (χ4n) is 1.29. The van der Waals surface area contributed by atoms with Crippen LogP contribution in [0.25, 0.3) is 10.1 Å². The number of nitrogen functional groups attached to an aromatic ring is 1. The molecule has 0 amide bonds. The van der Waals surface area contributed by atoms with Crippen LogP contribution in [0, 0.1) is 0 Å². The van der Waals surface area contributed by atoms with Gasteiger partial charge in [-0.25, -0.2) is 4.79 Å². The van der Waals surface area contributed by atoms with Crippen LogP contribution in [-0.4, -0.2) is 11.1 Å². The van der Waals surface area contributed by atoms with E-state index in [-0.39, 0.29) is 5.56 Å². The molecule has 14 heavy (non-hydrogen) atoms. The Morgan fingerprint density at radius 1 is 1.50 bits per heavy atom. The van der Waals surface area contributed by atoms with Crippen LogP contribution in [0.2, 0.25) is 0 Å². The second kappa shape index (κ2) is 3.25. The van der Waals surface area contributed by atoms with Crippen molar-refractivity contribution >= 4 is 49.0 Å². The number of benzene rings is 1. The second-order valence-electron chi connectivity index (χ2n) is 2.79. The van der Waals surface area contributed by atoms with Crippen molar-refractivity contribution in [1.29, 1.82) is 0 Å². The van der Waals surface area contributed by atoms with Crippen LogP contribution in [0.3, 0.4) is 0 Å². The molecule has 0 bridgehead atoms. The molecule has 0 aliphatic heterocycles. The van der Waals surface area contributed by atoms with Gasteiger partial charge in [0.1, 0.15) is 0 Å². The van der Waals surface area contributed by atoms with E-state index in [0.29, 0.717) is 11.1 Å². The molecule has 72 valence electrons. The number of hydrogen-bond donors (Lipinski definition) is 2. The Morgan fingerprint density at radius 2 is 2.21 bits per heavy atom. The van der Waals surface area contributed by atoms with Gasteiger partial charge in [-0.05, 0) is 28.1 Å². The number of fused-ring (bicyclic) bond motifs is 1. The van der Waals surface area contributed by atoms with Crippen LogP contribution in [0.5, 0.6) is 0 Å². The highest BCUT2D eigenvalue weighted by atomic mass is 79.9. The van der Waals surface area contributed by atoms with Crippen molar-refractivity contribution in [3.63, 3.8) is 0 Å². The van der Waals surface area contributed by atoms with Gasteiger partial charge in [0.2, 0.25) is 0 Å². The van der Waals surface area contributed by atoms with Gasteiger partial charge >= 0.3 is 5.97 Å². The summed E-state index contributed by atoms with van der Waals surface area (Å²) in [4.78, 5) is 10.9. The lowest BCUT2D eigenvalue weighted by atomic mass is 10.1. The van der Waals surface area contributed by atoms with Gasteiger partial charge in [-0.3, -0.25) is 0 Å². The molecular formula is C9H6BrNO2S. The first-order valence-electron chi connectivity index (χ1n) is 3.79. The van der Waals surface area contributed by atoms with Crippen molar-refractivity contribution in [2.75, 3.05) is 5.73 Å². The summed E-state index contributed by atoms with van der Waals surface area (Å²) in [6.45, 7) is 0. The largest absolute Gasteiger partial charge is 0.478 e. The number of anilines is 1. The molecule has 0 aliphatic rings. The van der Waals surface area contributed by atoms with E-state index in [1.54, 1.807) is 5.38 Å². The Morgan fingerprint density at radius 3 is 2.86 bits per heavy atom. The zero-order valence-electron chi connectivity index (χ0n) is 6.95. The summed E-state index contributed by atoms with van der Waals surface area (Å²) in [6.07, 6.45) is 0. The topological polar surface area (TPSA) is 63.3 Å². The minimum atomic E-state index is -0.943. The summed E-state index contributed by atoms with van der Waals surface area (Å²) in [5.74, 6) is -0.943. The van der Waals surface area contributed by atoms with E-state index in [1.165, 1.54) is 11.3 Å². The molecule has 0 unspecified atom stereocenters. The number of hydrogen-bond acceptors (Lipinski definition) is 3. The number of carbonyl (C=O) groups is 1. The van der Waals surface area contributed by atoms with Gasteiger partial charge in [-0.1, -0.05) is 0 Å². The van der Waals surface area contributed by atoms with Gasteiger partial charge in [0.05, 0.1) is 11.3 Å². The molecule has 1 heterocycles. The molecule has 0 spiro atoms. The highest BCUT2D eigenvalue weighted by Gasteiger charge is 2.14. The highest BCUT2D eigenvalue weighted by Crippen LogP contribution is 2.35. The molecule has 2 rings (SSSR count). The fraction of sp³-hybridized carbons (Fsp3) is 0. The van der Waals surface area contributed by atoms with Crippen LogP contribution < -0.4 is 5.73 Å². The number of carboxylic acids is 1. The smallest absolute Gasteiger partial charge is 0.337 e. The summed E-state index contributed by atoms with van der Waals surface area (Å²) >= 11 is 4.65. The molecule has 0 saturated carbocycles. The Bertz CT molecular complexity index is 521. The van der Waals surface area contributed by atoms with E-state index in [2.05, 4.69) is 15.9 Å². The van der Waals surface area contributed by atoms with Crippen molar-refractivity contribution in [3.05, 3.63) is 27.5 Å². The van der Waals surface area contributed by atoms with Gasteiger partial charge < -0.3 is 10.8 Å². The predicted molar refractivity (Wildman–Crippen MR) is 60.9 cm³/mol. The van der Waals surface area contributed by atoms with E-state index in [4.69, 9.17) is 10.8 Å². The molecule has 1 aromatic heterocycles. The molecule has 1 aromatic carbocycles. The third-order valence-corrected chi connectivity index (χ3v) is 3.60. The minimum absolute atomic E-state index is 0.267. The summed E-state index contributed by atoms with van der Waals surface area (Å²) in [6, 6.07) is 3.67. The third-order valence-electron chi connectivity index (χ3n) is 1.96. The van der Waals surface area contributed by atoms with Gasteiger partial charge in [0, 0.05) is 19.9 Å². The number of nitrogens with two attached hydrogens (primary N) is 1. The maximum atomic E-state index is 10.9. The van der Waals surface area contributed by atoms with Crippen molar-refractivity contribution in [2.45, 2.75) is 0 Å². The number of rotatable bonds is 1. The third kappa shape index (κ3) is 1.29. The van der Waals surface area contributed by atoms with Crippen molar-refractivity contribution in [1.82, 2.24) is 0 Å². The molecule has 2 aromatic rings. The van der Waals surface area contributed by atoms with Crippen molar-refractivity contribution < 1.29 is 9.90 Å². The molecule has 0 atom stereocenters. The lowest BCUT2D eigenvalue weighted by Gasteiger charge is -2.00. The standard InChI is InChI=1S/C9H6BrNO2S/c10-5-1-2-6-7(8(5)11)4(3-14-6)9(12)13/h1-3H,11H2,(H,12,13). The molecule has 5 heteroatoms. The normalized spacial score (nSPS) is 10.6. The van der Waals surface area contributed by atoms with Crippen LogP contribution in [-0.2, 0) is 0 Å². The second-order valence-corrected chi connectivity index (χ2v) is 4.55. The fourth-order valence-corrected chi connectivity index (χ4v) is 2.57. The first-order chi connectivity index (χ1) is 6.61. The van der Waals surface area contributed by atoms with Crippen LogP contribution >= 0.6 is 27.3 Å². The summed E-state index contributed by atoms with van der Waals surface area (Å²) in [7, 11) is 0. The van der Waals surface area contributed by atoms with Gasteiger partial charge in [0.15, 0.2) is 0 Å². The van der Waals surface area contributed by atoms with Gasteiger partial charge in [-0.15, -0.1) is 11.3 Å². The van der Waals surface area contributed by atoms with Crippen molar-refractivity contribution in [2.24, 2.45) is 0 Å². The monoisotopic (exact) mass is 271 g/mol. The van der Waals surface area contributed by atoms with Gasteiger partial charge in [0.25, 0.3) is 0 Å². The molecule has 3 N–H and O–H groups in total. The van der Waals surface area contributed by atoms with Gasteiger partial charge in [-0.2, -0.15) is 0 Å². The SMILES string of the molecule is Nc1c(Br)ccc2scc(C(=O)O)c12. The van der Waals surface area contributed by atoms with E-state index >= 15 is 0 Å². The average molecular weight is 272 g/mol. The Balaban J connectivity index is 2.89. The van der Waals surface area contributed by atoms with E-state index in [9.17, 15) is 4.79 Å². The van der Waals surface area contributed by atoms with Crippen LogP contribution in [0.15, 0.2) is 22.0 Å². The molecule has 0 fully saturated rings. The molecule has 0 saturated heterocycles. The zero-order chi connectivity index (χ0) is 10.3. The molecule has 3 nitrogen and oxygen atoms in total. The highest BCUT2D eigenvalue weighted by molar-refractivity contribution is 9.10. The summed E-state index contributed by atoms with van der Waals surface area (Å²) < 4.78 is 1.62. The Hall–Kier alpha value is -1.07. The van der Waals surface area contributed by atoms with Crippen LogP contribution in [0.4, 0.5) is 5.69 Å². The number of carboxylic acid groups (broad SMARTS) is 1. The number of halogens is 1. The van der Waals surface area contributed by atoms with E-state index < -0.39 is 5.97 Å². The maximum absolute atomic E-state index is 10.9. The average Bonchev–Trinajstić information content (AvgIpc) is 2.55. The molecule has 0 aliphatic carbocycles. The first-order valence-corrected chi connectivity index (χ1v) is 5.47. The summed E-state index contributed by atoms with van der Waals surface area (Å²) in [5.41, 5.74) is 6.55. The number of thiophene rings is 1. The Labute approximate surface area is 92.3 Å². The summed E-state index contributed by atoms with van der Waals surface area (Å²) in [5, 5.41) is 11.2. The van der Waals surface area contributed by atoms with Crippen molar-refractivity contribution in [3.8, 4) is 0 Å². The first kappa shape index (κ1) is 9.48. The number of aromatic carboxylic acids is 1. The zero-order valence-corrected chi connectivity index (χ0v) is 9.35. The quantitative estimate of drug-likeness (QED) is 0.784. The lowest BCUT2D eigenvalue weighted by Crippen LogP contribution is -1.96.